The van der Waals surface area contributed by atoms with E-state index in [4.69, 9.17) is 4.74 Å². The van der Waals surface area contributed by atoms with Crippen LogP contribution in [0.15, 0.2) is 0 Å². The number of quaternary nitrogens is 1. The normalized spacial score (nSPS) is 22.3. The van der Waals surface area contributed by atoms with Crippen molar-refractivity contribution in [1.82, 2.24) is 4.90 Å². The molecule has 1 aliphatic heterocycles. The molecule has 0 bridgehead atoms. The van der Waals surface area contributed by atoms with Crippen molar-refractivity contribution in [3.63, 3.8) is 0 Å². The van der Waals surface area contributed by atoms with Crippen LogP contribution < -0.4 is 5.73 Å². The lowest BCUT2D eigenvalue weighted by molar-refractivity contribution is -0.416. The van der Waals surface area contributed by atoms with Gasteiger partial charge in [-0.3, -0.25) is 4.79 Å². The molecule has 5 heteroatoms. The monoisotopic (exact) mass is 229 g/mol. The molecule has 0 spiro atoms. The zero-order valence-corrected chi connectivity index (χ0v) is 10.2. The van der Waals surface area contributed by atoms with Gasteiger partial charge in [0.25, 0.3) is 5.91 Å². The summed E-state index contributed by atoms with van der Waals surface area (Å²) in [6.45, 7) is 4.55. The van der Waals surface area contributed by atoms with Crippen LogP contribution in [0.4, 0.5) is 0 Å². The van der Waals surface area contributed by atoms with Gasteiger partial charge in [0.1, 0.15) is 6.04 Å². The van der Waals surface area contributed by atoms with E-state index >= 15 is 0 Å². The fourth-order valence-corrected chi connectivity index (χ4v) is 1.91. The summed E-state index contributed by atoms with van der Waals surface area (Å²) in [6, 6.07) is -0.689. The molecule has 1 rings (SSSR count). The molecule has 3 N–H and O–H groups in total. The number of nitrogens with zero attached hydrogens (tertiary/aromatic N) is 1. The lowest BCUT2D eigenvalue weighted by Gasteiger charge is -2.25. The highest BCUT2D eigenvalue weighted by atomic mass is 16.5. The molecule has 0 saturated carbocycles. The van der Waals surface area contributed by atoms with Crippen molar-refractivity contribution in [3.05, 3.63) is 0 Å². The molecule has 1 aliphatic rings. The number of hydrogen-bond acceptors (Lipinski definition) is 3. The van der Waals surface area contributed by atoms with Crippen LogP contribution in [0.5, 0.6) is 0 Å². The maximum Gasteiger partial charge on any atom is 0.328 e. The Labute approximate surface area is 95.9 Å². The molecule has 92 valence electrons. The third-order valence-electron chi connectivity index (χ3n) is 3.13. The van der Waals surface area contributed by atoms with Gasteiger partial charge in [-0.05, 0) is 12.8 Å². The van der Waals surface area contributed by atoms with E-state index in [1.165, 1.54) is 7.11 Å². The standard InChI is InChI=1S/C11H20N2O3/c1-7(2)9(12)10(14)13-6-4-5-8(13)11(15)16-3/h7-9H,4-6,12H2,1-3H3/p+1/t8-,9-/m0/s1. The van der Waals surface area contributed by atoms with Crippen LogP contribution in [0.2, 0.25) is 0 Å². The van der Waals surface area contributed by atoms with E-state index < -0.39 is 6.04 Å². The van der Waals surface area contributed by atoms with Gasteiger partial charge in [0, 0.05) is 12.5 Å². The second kappa shape index (κ2) is 5.30. The number of likely N-dealkylation sites (tertiary alicyclic amines) is 1. The molecule has 2 atom stereocenters. The van der Waals surface area contributed by atoms with Gasteiger partial charge in [-0.25, -0.2) is 4.79 Å². The molecule has 0 aromatic heterocycles. The summed E-state index contributed by atoms with van der Waals surface area (Å²) in [5.74, 6) is -0.170. The van der Waals surface area contributed by atoms with Crippen molar-refractivity contribution >= 4 is 11.9 Å². The fraction of sp³-hybridized carbons (Fsp3) is 0.818. The quantitative estimate of drug-likeness (QED) is 0.658. The van der Waals surface area contributed by atoms with Crippen molar-refractivity contribution in [3.8, 4) is 0 Å². The average molecular weight is 229 g/mol. The Balaban J connectivity index is 2.71. The van der Waals surface area contributed by atoms with E-state index in [1.807, 2.05) is 13.8 Å². The van der Waals surface area contributed by atoms with Gasteiger partial charge in [0.15, 0.2) is 6.04 Å². The van der Waals surface area contributed by atoms with Crippen molar-refractivity contribution in [2.24, 2.45) is 5.92 Å². The van der Waals surface area contributed by atoms with E-state index in [2.05, 4.69) is 5.73 Å². The molecule has 0 aliphatic carbocycles. The summed E-state index contributed by atoms with van der Waals surface area (Å²) in [4.78, 5) is 25.2. The average Bonchev–Trinajstić information content (AvgIpc) is 2.74. The number of amides is 1. The maximum absolute atomic E-state index is 12.1. The largest absolute Gasteiger partial charge is 0.467 e. The van der Waals surface area contributed by atoms with Crippen LogP contribution in [0.1, 0.15) is 26.7 Å². The van der Waals surface area contributed by atoms with Crippen LogP contribution in [-0.2, 0) is 14.3 Å². The molecule has 0 aromatic rings. The van der Waals surface area contributed by atoms with Gasteiger partial charge in [0.05, 0.1) is 7.11 Å². The van der Waals surface area contributed by atoms with E-state index in [0.29, 0.717) is 13.0 Å². The maximum atomic E-state index is 12.1. The fourth-order valence-electron chi connectivity index (χ4n) is 1.91. The van der Waals surface area contributed by atoms with Gasteiger partial charge < -0.3 is 15.4 Å². The Hall–Kier alpha value is -1.10. The first-order valence-corrected chi connectivity index (χ1v) is 5.70. The molecule has 1 amide bonds. The topological polar surface area (TPSA) is 74.2 Å². The summed E-state index contributed by atoms with van der Waals surface area (Å²) < 4.78 is 4.70. The number of esters is 1. The van der Waals surface area contributed by atoms with Crippen LogP contribution >= 0.6 is 0 Å². The molecule has 0 unspecified atom stereocenters. The minimum atomic E-state index is -0.402. The highest BCUT2D eigenvalue weighted by Crippen LogP contribution is 2.19. The van der Waals surface area contributed by atoms with Gasteiger partial charge >= 0.3 is 5.97 Å². The van der Waals surface area contributed by atoms with E-state index in [-0.39, 0.29) is 23.8 Å². The van der Waals surface area contributed by atoms with E-state index in [0.717, 1.165) is 6.42 Å². The zero-order valence-electron chi connectivity index (χ0n) is 10.2. The van der Waals surface area contributed by atoms with Crippen molar-refractivity contribution < 1.29 is 20.1 Å². The van der Waals surface area contributed by atoms with Crippen LogP contribution in [0.3, 0.4) is 0 Å². The van der Waals surface area contributed by atoms with E-state index in [1.54, 1.807) is 4.90 Å². The summed E-state index contributed by atoms with van der Waals surface area (Å²) in [5.41, 5.74) is 3.86. The minimum Gasteiger partial charge on any atom is -0.467 e. The third-order valence-corrected chi connectivity index (χ3v) is 3.13. The summed E-state index contributed by atoms with van der Waals surface area (Å²) in [7, 11) is 1.35. The number of carbonyl (C=O) groups is 2. The third kappa shape index (κ3) is 2.52. The van der Waals surface area contributed by atoms with Crippen molar-refractivity contribution in [2.75, 3.05) is 13.7 Å². The summed E-state index contributed by atoms with van der Waals surface area (Å²) >= 11 is 0. The van der Waals surface area contributed by atoms with Gasteiger partial charge in [-0.2, -0.15) is 0 Å². The van der Waals surface area contributed by atoms with Gasteiger partial charge in [-0.1, -0.05) is 13.8 Å². The highest BCUT2D eigenvalue weighted by Gasteiger charge is 2.38. The van der Waals surface area contributed by atoms with Crippen molar-refractivity contribution in [2.45, 2.75) is 38.8 Å². The summed E-state index contributed by atoms with van der Waals surface area (Å²) in [5, 5.41) is 0. The highest BCUT2D eigenvalue weighted by molar-refractivity contribution is 5.87. The minimum absolute atomic E-state index is 0.0390. The number of methoxy groups -OCH3 is 1. The SMILES string of the molecule is COC(=O)[C@@H]1CCCN1C(=O)[C@@H]([NH3+])C(C)C. The first kappa shape index (κ1) is 13.0. The number of ether oxygens (including phenoxy) is 1. The molecular formula is C11H21N2O3+. The Bertz CT molecular complexity index is 278. The number of carbonyl (C=O) groups excluding carboxylic acids is 2. The molecule has 0 aromatic carbocycles. The molecule has 0 radical (unpaired) electrons. The number of hydrogen-bond donors (Lipinski definition) is 1. The predicted octanol–water partition coefficient (Wildman–Crippen LogP) is -0.583. The summed E-state index contributed by atoms with van der Waals surface area (Å²) in [6.07, 6.45) is 1.56. The van der Waals surface area contributed by atoms with Crippen LogP contribution in [0.25, 0.3) is 0 Å². The van der Waals surface area contributed by atoms with Gasteiger partial charge in [-0.15, -0.1) is 0 Å². The van der Waals surface area contributed by atoms with Crippen LogP contribution in [0, 0.1) is 5.92 Å². The molecule has 1 fully saturated rings. The number of rotatable bonds is 3. The smallest absolute Gasteiger partial charge is 0.328 e. The zero-order chi connectivity index (χ0) is 12.3. The lowest BCUT2D eigenvalue weighted by atomic mass is 10.0. The Kier molecular flexibility index (Phi) is 4.29. The molecule has 1 saturated heterocycles. The van der Waals surface area contributed by atoms with Gasteiger partial charge in [0.2, 0.25) is 0 Å². The Morgan fingerprint density at radius 1 is 1.44 bits per heavy atom. The first-order chi connectivity index (χ1) is 7.49. The second-order valence-corrected chi connectivity index (χ2v) is 4.56. The second-order valence-electron chi connectivity index (χ2n) is 4.56. The van der Waals surface area contributed by atoms with E-state index in [9.17, 15) is 9.59 Å². The lowest BCUT2D eigenvalue weighted by Crippen LogP contribution is -2.70. The Morgan fingerprint density at radius 3 is 2.56 bits per heavy atom. The first-order valence-electron chi connectivity index (χ1n) is 5.70. The van der Waals surface area contributed by atoms with Crippen molar-refractivity contribution in [1.29, 1.82) is 0 Å². The molecule has 16 heavy (non-hydrogen) atoms. The Morgan fingerprint density at radius 2 is 2.06 bits per heavy atom. The molecular weight excluding hydrogens is 208 g/mol. The molecule has 5 nitrogen and oxygen atoms in total. The van der Waals surface area contributed by atoms with Crippen LogP contribution in [-0.4, -0.2) is 42.5 Å². The molecule has 1 heterocycles. The predicted molar refractivity (Wildman–Crippen MR) is 58.3 cm³/mol.